The van der Waals surface area contributed by atoms with Crippen molar-refractivity contribution in [3.05, 3.63) is 71.8 Å². The zero-order valence-electron chi connectivity index (χ0n) is 16.1. The number of aliphatic carboxylic acids is 2. The number of hydrogen-bond donors (Lipinski definition) is 4. The average molecular weight is 398 g/mol. The molecule has 0 bridgehead atoms. The van der Waals surface area contributed by atoms with Crippen molar-refractivity contribution < 1.29 is 24.6 Å². The average Bonchev–Trinajstić information content (AvgIpc) is 2.71. The normalized spacial score (nSPS) is 12.7. The van der Waals surface area contributed by atoms with Crippen LogP contribution in [0.15, 0.2) is 60.7 Å². The molecular weight excluding hydrogens is 372 g/mol. The Hall–Kier alpha value is -3.19. The van der Waals surface area contributed by atoms with Gasteiger partial charge in [-0.05, 0) is 30.4 Å². The number of carboxylic acids is 2. The van der Waals surface area contributed by atoms with Gasteiger partial charge < -0.3 is 15.5 Å². The maximum Gasteiger partial charge on any atom is 0.321 e. The fourth-order valence-electron chi connectivity index (χ4n) is 2.96. The summed E-state index contributed by atoms with van der Waals surface area (Å²) in [5.41, 5.74) is 1.75. The van der Waals surface area contributed by atoms with Gasteiger partial charge in [-0.25, -0.2) is 0 Å². The molecule has 0 saturated heterocycles. The largest absolute Gasteiger partial charge is 0.481 e. The van der Waals surface area contributed by atoms with Crippen molar-refractivity contribution in [2.45, 2.75) is 37.8 Å². The molecule has 2 aromatic rings. The molecule has 2 aromatic carbocycles. The van der Waals surface area contributed by atoms with Crippen molar-refractivity contribution in [2.24, 2.45) is 0 Å². The molecule has 1 amide bonds. The standard InChI is InChI=1S/C22H26N2O5/c25-20(26)12-7-13-23-21(27)18(14-16-8-3-1-4-9-16)24-19(22(28)29)15-17-10-5-2-6-11-17/h1-6,8-11,18-19,24H,7,12-15H2,(H,23,27)(H,25,26)(H,28,29)/t18-,19?/m0/s1. The first-order valence-electron chi connectivity index (χ1n) is 9.52. The Labute approximate surface area is 169 Å². The van der Waals surface area contributed by atoms with Crippen LogP contribution < -0.4 is 10.6 Å². The summed E-state index contributed by atoms with van der Waals surface area (Å²) in [5.74, 6) is -2.31. The van der Waals surface area contributed by atoms with Gasteiger partial charge in [0.05, 0.1) is 6.04 Å². The maximum atomic E-state index is 12.7. The Bertz CT molecular complexity index is 795. The van der Waals surface area contributed by atoms with Crippen LogP contribution in [-0.2, 0) is 27.2 Å². The second-order valence-electron chi connectivity index (χ2n) is 6.78. The van der Waals surface area contributed by atoms with E-state index in [9.17, 15) is 19.5 Å². The van der Waals surface area contributed by atoms with E-state index in [1.165, 1.54) is 0 Å². The molecule has 4 N–H and O–H groups in total. The van der Waals surface area contributed by atoms with E-state index in [-0.39, 0.29) is 25.3 Å². The van der Waals surface area contributed by atoms with E-state index < -0.39 is 24.0 Å². The van der Waals surface area contributed by atoms with Gasteiger partial charge in [0.2, 0.25) is 5.91 Å². The van der Waals surface area contributed by atoms with Gasteiger partial charge in [-0.1, -0.05) is 60.7 Å². The Kier molecular flexibility index (Phi) is 8.85. The van der Waals surface area contributed by atoms with Crippen molar-refractivity contribution in [1.29, 1.82) is 0 Å². The van der Waals surface area contributed by atoms with Gasteiger partial charge in [-0.2, -0.15) is 0 Å². The van der Waals surface area contributed by atoms with E-state index in [1.807, 2.05) is 60.7 Å². The van der Waals surface area contributed by atoms with Crippen molar-refractivity contribution >= 4 is 17.8 Å². The molecule has 0 heterocycles. The predicted molar refractivity (Wildman–Crippen MR) is 109 cm³/mol. The summed E-state index contributed by atoms with van der Waals surface area (Å²) < 4.78 is 0. The summed E-state index contributed by atoms with van der Waals surface area (Å²) in [7, 11) is 0. The summed E-state index contributed by atoms with van der Waals surface area (Å²) >= 11 is 0. The summed E-state index contributed by atoms with van der Waals surface area (Å²) in [4.78, 5) is 35.1. The van der Waals surface area contributed by atoms with Crippen LogP contribution in [0.5, 0.6) is 0 Å². The van der Waals surface area contributed by atoms with Gasteiger partial charge in [0.1, 0.15) is 6.04 Å². The highest BCUT2D eigenvalue weighted by Gasteiger charge is 2.26. The van der Waals surface area contributed by atoms with Crippen LogP contribution in [0, 0.1) is 0 Å². The third-order valence-electron chi connectivity index (χ3n) is 4.45. The highest BCUT2D eigenvalue weighted by molar-refractivity contribution is 5.83. The van der Waals surface area contributed by atoms with Gasteiger partial charge >= 0.3 is 11.9 Å². The van der Waals surface area contributed by atoms with Crippen LogP contribution >= 0.6 is 0 Å². The first-order valence-corrected chi connectivity index (χ1v) is 9.52. The first-order chi connectivity index (χ1) is 14.0. The Morgan fingerprint density at radius 1 is 0.793 bits per heavy atom. The molecule has 0 radical (unpaired) electrons. The van der Waals surface area contributed by atoms with E-state index in [0.717, 1.165) is 11.1 Å². The van der Waals surface area contributed by atoms with E-state index >= 15 is 0 Å². The number of benzene rings is 2. The zero-order chi connectivity index (χ0) is 21.1. The third kappa shape index (κ3) is 8.15. The van der Waals surface area contributed by atoms with Gasteiger partial charge in [0.15, 0.2) is 0 Å². The van der Waals surface area contributed by atoms with E-state index in [0.29, 0.717) is 12.8 Å². The van der Waals surface area contributed by atoms with Crippen LogP contribution in [0.3, 0.4) is 0 Å². The van der Waals surface area contributed by atoms with Crippen molar-refractivity contribution in [2.75, 3.05) is 6.54 Å². The molecule has 1 unspecified atom stereocenters. The van der Waals surface area contributed by atoms with Gasteiger partial charge in [0.25, 0.3) is 0 Å². The number of carboxylic acid groups (broad SMARTS) is 2. The van der Waals surface area contributed by atoms with Crippen molar-refractivity contribution in [1.82, 2.24) is 10.6 Å². The first kappa shape index (κ1) is 22.1. The van der Waals surface area contributed by atoms with Crippen LogP contribution in [0.2, 0.25) is 0 Å². The molecule has 7 heteroatoms. The van der Waals surface area contributed by atoms with Crippen LogP contribution in [0.4, 0.5) is 0 Å². The minimum atomic E-state index is -1.04. The summed E-state index contributed by atoms with van der Waals surface area (Å²) in [5, 5.41) is 24.0. The Morgan fingerprint density at radius 2 is 1.31 bits per heavy atom. The number of carbonyl (C=O) groups excluding carboxylic acids is 1. The smallest absolute Gasteiger partial charge is 0.321 e. The fourth-order valence-corrected chi connectivity index (χ4v) is 2.96. The molecule has 0 aromatic heterocycles. The summed E-state index contributed by atoms with van der Waals surface area (Å²) in [6, 6.07) is 16.9. The molecule has 2 rings (SSSR count). The second kappa shape index (κ2) is 11.6. The minimum absolute atomic E-state index is 0.0389. The van der Waals surface area contributed by atoms with Gasteiger partial charge in [-0.15, -0.1) is 0 Å². The Morgan fingerprint density at radius 3 is 1.79 bits per heavy atom. The van der Waals surface area contributed by atoms with Gasteiger partial charge in [-0.3, -0.25) is 19.7 Å². The molecule has 7 nitrogen and oxygen atoms in total. The molecule has 0 aliphatic rings. The molecule has 0 saturated carbocycles. The van der Waals surface area contributed by atoms with Crippen LogP contribution in [0.1, 0.15) is 24.0 Å². The summed E-state index contributed by atoms with van der Waals surface area (Å²) in [6.45, 7) is 0.217. The molecule has 2 atom stereocenters. The van der Waals surface area contributed by atoms with Gasteiger partial charge in [0, 0.05) is 13.0 Å². The Balaban J connectivity index is 2.08. The molecule has 0 fully saturated rings. The summed E-state index contributed by atoms with van der Waals surface area (Å²) in [6.07, 6.45) is 0.840. The molecule has 0 spiro atoms. The van der Waals surface area contributed by atoms with E-state index in [1.54, 1.807) is 0 Å². The quantitative estimate of drug-likeness (QED) is 0.406. The highest BCUT2D eigenvalue weighted by atomic mass is 16.4. The van der Waals surface area contributed by atoms with E-state index in [2.05, 4.69) is 10.6 Å². The van der Waals surface area contributed by atoms with Crippen LogP contribution in [-0.4, -0.2) is 46.7 Å². The molecule has 0 aliphatic carbocycles. The molecule has 29 heavy (non-hydrogen) atoms. The fraction of sp³-hybridized carbons (Fsp3) is 0.318. The maximum absolute atomic E-state index is 12.7. The third-order valence-corrected chi connectivity index (χ3v) is 4.45. The highest BCUT2D eigenvalue weighted by Crippen LogP contribution is 2.08. The number of rotatable bonds is 12. The number of carbonyl (C=O) groups is 3. The second-order valence-corrected chi connectivity index (χ2v) is 6.78. The lowest BCUT2D eigenvalue weighted by Crippen LogP contribution is -2.52. The van der Waals surface area contributed by atoms with Crippen molar-refractivity contribution in [3.63, 3.8) is 0 Å². The molecule has 0 aliphatic heterocycles. The number of amides is 1. The van der Waals surface area contributed by atoms with Crippen LogP contribution in [0.25, 0.3) is 0 Å². The minimum Gasteiger partial charge on any atom is -0.481 e. The van der Waals surface area contributed by atoms with E-state index in [4.69, 9.17) is 5.11 Å². The molecule has 154 valence electrons. The predicted octanol–water partition coefficient (Wildman–Crippen LogP) is 1.86. The number of nitrogens with one attached hydrogen (secondary N) is 2. The zero-order valence-corrected chi connectivity index (χ0v) is 16.1. The topological polar surface area (TPSA) is 116 Å². The number of hydrogen-bond acceptors (Lipinski definition) is 4. The van der Waals surface area contributed by atoms with Crippen molar-refractivity contribution in [3.8, 4) is 0 Å². The lowest BCUT2D eigenvalue weighted by molar-refractivity contribution is -0.140. The lowest BCUT2D eigenvalue weighted by atomic mass is 10.0. The SMILES string of the molecule is O=C(O)CCCNC(=O)[C@H](Cc1ccccc1)NC(Cc1ccccc1)C(=O)O. The lowest BCUT2D eigenvalue weighted by Gasteiger charge is -2.23. The molecular formula is C22H26N2O5. The monoisotopic (exact) mass is 398 g/mol.